The Morgan fingerprint density at radius 3 is 1.20 bits per heavy atom. The first-order valence-corrected chi connectivity index (χ1v) is 2.99. The maximum Gasteiger partial charge on any atom is 0.0662 e. The fraction of sp³-hybridized carbons (Fsp3) is 0.500. The summed E-state index contributed by atoms with van der Waals surface area (Å²) in [4.78, 5) is 0. The molecule has 0 saturated heterocycles. The van der Waals surface area contributed by atoms with Crippen LogP contribution in [0.1, 0.15) is 13.8 Å². The predicted octanol–water partition coefficient (Wildman–Crippen LogP) is 1.36. The Hall–Kier alpha value is -0.600. The number of hydrogen-bond acceptors (Lipinski definition) is 2. The van der Waals surface area contributed by atoms with Gasteiger partial charge in [0.2, 0.25) is 0 Å². The standard InChI is InChI=1S/C4H8.C2H6O2.C2H4/c1-4(2)3;3-1-2-4;1-2/h1H2,2-3H3;3-4H,1-2H2;1-2H2. The van der Waals surface area contributed by atoms with Crippen LogP contribution in [0.3, 0.4) is 0 Å². The molecule has 2 N–H and O–H groups in total. The Morgan fingerprint density at radius 1 is 1.10 bits per heavy atom. The highest BCUT2D eigenvalue weighted by molar-refractivity contribution is 4.78. The summed E-state index contributed by atoms with van der Waals surface area (Å²) in [5, 5.41) is 15.2. The topological polar surface area (TPSA) is 40.5 Å². The summed E-state index contributed by atoms with van der Waals surface area (Å²) < 4.78 is 0. The van der Waals surface area contributed by atoms with E-state index in [4.69, 9.17) is 10.2 Å². The molecule has 2 nitrogen and oxygen atoms in total. The van der Waals surface area contributed by atoms with Crippen molar-refractivity contribution in [3.63, 3.8) is 0 Å². The van der Waals surface area contributed by atoms with Crippen molar-refractivity contribution >= 4 is 0 Å². The van der Waals surface area contributed by atoms with E-state index in [1.165, 1.54) is 5.57 Å². The summed E-state index contributed by atoms with van der Waals surface area (Å²) in [5.74, 6) is 0. The number of hydrogen-bond donors (Lipinski definition) is 2. The van der Waals surface area contributed by atoms with Crippen LogP contribution < -0.4 is 0 Å². The zero-order valence-corrected chi connectivity index (χ0v) is 6.93. The molecule has 0 unspecified atom stereocenters. The van der Waals surface area contributed by atoms with Gasteiger partial charge in [-0.05, 0) is 13.8 Å². The fourth-order valence-electron chi connectivity index (χ4n) is 0. The molecule has 0 aliphatic heterocycles. The minimum Gasteiger partial charge on any atom is -0.394 e. The Balaban J connectivity index is -0.0000000787. The van der Waals surface area contributed by atoms with Gasteiger partial charge in [-0.25, -0.2) is 0 Å². The Kier molecular flexibility index (Phi) is 38.5. The lowest BCUT2D eigenvalue weighted by atomic mass is 10.4. The summed E-state index contributed by atoms with van der Waals surface area (Å²) >= 11 is 0. The molecule has 0 heterocycles. The van der Waals surface area contributed by atoms with Crippen LogP contribution in [0.4, 0.5) is 0 Å². The summed E-state index contributed by atoms with van der Waals surface area (Å²) in [7, 11) is 0. The maximum atomic E-state index is 7.62. The van der Waals surface area contributed by atoms with E-state index >= 15 is 0 Å². The minimum atomic E-state index is -0.125. The van der Waals surface area contributed by atoms with E-state index in [1.807, 2.05) is 13.8 Å². The highest BCUT2D eigenvalue weighted by atomic mass is 16.3. The molecule has 0 saturated carbocycles. The Labute approximate surface area is 63.5 Å². The van der Waals surface area contributed by atoms with Crippen molar-refractivity contribution < 1.29 is 10.2 Å². The van der Waals surface area contributed by atoms with Gasteiger partial charge in [0.25, 0.3) is 0 Å². The first-order valence-electron chi connectivity index (χ1n) is 2.99. The van der Waals surface area contributed by atoms with Crippen molar-refractivity contribution in [2.75, 3.05) is 13.2 Å². The summed E-state index contributed by atoms with van der Waals surface area (Å²) in [6.07, 6.45) is 0. The molecule has 0 aliphatic carbocycles. The van der Waals surface area contributed by atoms with Crippen molar-refractivity contribution in [1.29, 1.82) is 0 Å². The molecule has 10 heavy (non-hydrogen) atoms. The van der Waals surface area contributed by atoms with E-state index in [1.54, 1.807) is 0 Å². The van der Waals surface area contributed by atoms with Crippen LogP contribution >= 0.6 is 0 Å². The average molecular weight is 146 g/mol. The second-order valence-corrected chi connectivity index (χ2v) is 1.65. The first kappa shape index (κ1) is 16.2. The molecule has 0 spiro atoms. The predicted molar refractivity (Wildman–Crippen MR) is 45.9 cm³/mol. The molecule has 0 radical (unpaired) electrons. The Bertz CT molecular complexity index is 54.3. The van der Waals surface area contributed by atoms with Gasteiger partial charge < -0.3 is 10.2 Å². The quantitative estimate of drug-likeness (QED) is 0.548. The van der Waals surface area contributed by atoms with Crippen molar-refractivity contribution in [3.05, 3.63) is 25.3 Å². The van der Waals surface area contributed by atoms with Crippen molar-refractivity contribution in [2.24, 2.45) is 0 Å². The number of allylic oxidation sites excluding steroid dienone is 1. The lowest BCUT2D eigenvalue weighted by molar-refractivity contribution is 0.186. The summed E-state index contributed by atoms with van der Waals surface area (Å²) in [5.41, 5.74) is 1.17. The van der Waals surface area contributed by atoms with Gasteiger partial charge >= 0.3 is 0 Å². The second-order valence-electron chi connectivity index (χ2n) is 1.65. The van der Waals surface area contributed by atoms with Crippen molar-refractivity contribution in [1.82, 2.24) is 0 Å². The van der Waals surface area contributed by atoms with Crippen LogP contribution in [0.5, 0.6) is 0 Å². The SMILES string of the molecule is C=C.C=C(C)C.OCCO. The fourth-order valence-corrected chi connectivity index (χ4v) is 0. The van der Waals surface area contributed by atoms with Gasteiger partial charge in [-0.3, -0.25) is 0 Å². The average Bonchev–Trinajstić information content (AvgIpc) is 1.91. The van der Waals surface area contributed by atoms with Crippen LogP contribution in [0.15, 0.2) is 25.3 Å². The van der Waals surface area contributed by atoms with Gasteiger partial charge in [0, 0.05) is 0 Å². The molecule has 0 atom stereocenters. The first-order chi connectivity index (χ1) is 4.65. The van der Waals surface area contributed by atoms with E-state index in [9.17, 15) is 0 Å². The molecule has 0 bridgehead atoms. The van der Waals surface area contributed by atoms with Gasteiger partial charge in [-0.1, -0.05) is 5.57 Å². The van der Waals surface area contributed by atoms with E-state index in [0.29, 0.717) is 0 Å². The molecule has 0 amide bonds. The van der Waals surface area contributed by atoms with Crippen LogP contribution in [0.2, 0.25) is 0 Å². The number of rotatable bonds is 1. The summed E-state index contributed by atoms with van der Waals surface area (Å²) in [6.45, 7) is 13.2. The number of aliphatic hydroxyl groups is 2. The summed E-state index contributed by atoms with van der Waals surface area (Å²) in [6, 6.07) is 0. The van der Waals surface area contributed by atoms with Gasteiger partial charge in [0.1, 0.15) is 0 Å². The molecule has 62 valence electrons. The van der Waals surface area contributed by atoms with Crippen molar-refractivity contribution in [3.8, 4) is 0 Å². The molecular weight excluding hydrogens is 128 g/mol. The van der Waals surface area contributed by atoms with Crippen LogP contribution in [-0.2, 0) is 0 Å². The third kappa shape index (κ3) is 1890. The normalized spacial score (nSPS) is 6.00. The second kappa shape index (κ2) is 23.8. The van der Waals surface area contributed by atoms with Crippen molar-refractivity contribution in [2.45, 2.75) is 13.8 Å². The molecule has 0 rings (SSSR count). The molecule has 0 fully saturated rings. The van der Waals surface area contributed by atoms with Gasteiger partial charge in [0.15, 0.2) is 0 Å². The molecule has 0 aromatic carbocycles. The third-order valence-electron chi connectivity index (χ3n) is 0.1000. The van der Waals surface area contributed by atoms with E-state index in [0.717, 1.165) is 0 Å². The third-order valence-corrected chi connectivity index (χ3v) is 0.1000. The number of aliphatic hydroxyl groups excluding tert-OH is 2. The van der Waals surface area contributed by atoms with E-state index < -0.39 is 0 Å². The Morgan fingerprint density at radius 2 is 1.20 bits per heavy atom. The molecule has 2 heteroatoms. The van der Waals surface area contributed by atoms with E-state index in [-0.39, 0.29) is 13.2 Å². The highest BCUT2D eigenvalue weighted by Crippen LogP contribution is 1.73. The zero-order chi connectivity index (χ0) is 8.99. The molecule has 0 aliphatic rings. The van der Waals surface area contributed by atoms with Gasteiger partial charge in [-0.2, -0.15) is 0 Å². The van der Waals surface area contributed by atoms with Crippen LogP contribution in [-0.4, -0.2) is 23.4 Å². The molecular formula is C8H18O2. The highest BCUT2D eigenvalue weighted by Gasteiger charge is 1.58. The lowest BCUT2D eigenvalue weighted by Gasteiger charge is -1.70. The van der Waals surface area contributed by atoms with E-state index in [2.05, 4.69) is 19.7 Å². The van der Waals surface area contributed by atoms with Crippen LogP contribution in [0, 0.1) is 0 Å². The maximum absolute atomic E-state index is 7.62. The van der Waals surface area contributed by atoms with Gasteiger partial charge in [-0.15, -0.1) is 19.7 Å². The molecule has 0 aromatic rings. The van der Waals surface area contributed by atoms with Crippen LogP contribution in [0.25, 0.3) is 0 Å². The lowest BCUT2D eigenvalue weighted by Crippen LogP contribution is -1.85. The van der Waals surface area contributed by atoms with Gasteiger partial charge in [0.05, 0.1) is 13.2 Å². The largest absolute Gasteiger partial charge is 0.394 e. The molecule has 0 aromatic heterocycles. The monoisotopic (exact) mass is 146 g/mol. The zero-order valence-electron chi connectivity index (χ0n) is 6.93. The minimum absolute atomic E-state index is 0.125. The smallest absolute Gasteiger partial charge is 0.0662 e.